The number of pyridine rings is 1. The van der Waals surface area contributed by atoms with Crippen LogP contribution in [0.1, 0.15) is 55.0 Å². The summed E-state index contributed by atoms with van der Waals surface area (Å²) < 4.78 is 68.7. The molecule has 1 fully saturated rings. The van der Waals surface area contributed by atoms with Gasteiger partial charge in [-0.1, -0.05) is 24.0 Å². The maximum atomic E-state index is 13.0. The van der Waals surface area contributed by atoms with Gasteiger partial charge in [0.2, 0.25) is 10.0 Å². The monoisotopic (exact) mass is 555 g/mol. The van der Waals surface area contributed by atoms with Crippen molar-refractivity contribution < 1.29 is 26.7 Å². The number of benzene rings is 1. The molecule has 0 unspecified atom stereocenters. The van der Waals surface area contributed by atoms with Gasteiger partial charge in [0.05, 0.1) is 35.2 Å². The second kappa shape index (κ2) is 9.75. The van der Waals surface area contributed by atoms with E-state index in [0.717, 1.165) is 30.7 Å². The molecule has 0 amide bonds. The molecule has 0 atom stereocenters. The Morgan fingerprint density at radius 3 is 2.44 bits per heavy atom. The summed E-state index contributed by atoms with van der Waals surface area (Å²) in [6.07, 6.45) is 1.68. The van der Waals surface area contributed by atoms with Crippen molar-refractivity contribution in [3.8, 4) is 23.1 Å². The molecule has 8 nitrogen and oxygen atoms in total. The van der Waals surface area contributed by atoms with Crippen molar-refractivity contribution in [3.63, 3.8) is 0 Å². The van der Waals surface area contributed by atoms with E-state index in [1.807, 2.05) is 6.07 Å². The Morgan fingerprint density at radius 2 is 1.79 bits per heavy atom. The quantitative estimate of drug-likeness (QED) is 0.346. The minimum Gasteiger partial charge on any atom is -0.394 e. The zero-order chi connectivity index (χ0) is 28.0. The van der Waals surface area contributed by atoms with E-state index in [4.69, 9.17) is 0 Å². The van der Waals surface area contributed by atoms with Gasteiger partial charge in [0.15, 0.2) is 5.65 Å². The SMILES string of the molecule is CC(C)(CO)NS(=O)(=O)c1cncc(C#Cc2cnn3c(C4CC4)cc(-c4ccc(C(F)(F)F)cc4)nc23)c1. The fraction of sp³-hybridized carbons (Fsp3) is 0.296. The molecular formula is C27H24F3N5O3S. The summed E-state index contributed by atoms with van der Waals surface area (Å²) in [6, 6.07) is 8.06. The number of hydrogen-bond donors (Lipinski definition) is 2. The summed E-state index contributed by atoms with van der Waals surface area (Å²) in [7, 11) is -3.96. The van der Waals surface area contributed by atoms with Gasteiger partial charge in [-0.05, 0) is 51.0 Å². The lowest BCUT2D eigenvalue weighted by Gasteiger charge is -2.23. The molecule has 0 bridgehead atoms. The number of fused-ring (bicyclic) bond motifs is 1. The fourth-order valence-electron chi connectivity index (χ4n) is 3.95. The van der Waals surface area contributed by atoms with Crippen molar-refractivity contribution in [2.75, 3.05) is 6.61 Å². The molecular weight excluding hydrogens is 531 g/mol. The molecule has 0 radical (unpaired) electrons. The Morgan fingerprint density at radius 1 is 1.08 bits per heavy atom. The average Bonchev–Trinajstić information content (AvgIpc) is 3.66. The highest BCUT2D eigenvalue weighted by molar-refractivity contribution is 7.89. The summed E-state index contributed by atoms with van der Waals surface area (Å²) in [4.78, 5) is 8.55. The van der Waals surface area contributed by atoms with Crippen LogP contribution in [0.15, 0.2) is 59.9 Å². The second-order valence-corrected chi connectivity index (χ2v) is 11.7. The van der Waals surface area contributed by atoms with E-state index in [9.17, 15) is 26.7 Å². The van der Waals surface area contributed by atoms with Crippen LogP contribution in [0.2, 0.25) is 0 Å². The minimum absolute atomic E-state index is 0.102. The zero-order valence-corrected chi connectivity index (χ0v) is 21.8. The number of rotatable bonds is 6. The van der Waals surface area contributed by atoms with Crippen molar-refractivity contribution >= 4 is 15.7 Å². The number of nitrogens with zero attached hydrogens (tertiary/aromatic N) is 4. The normalized spacial score (nSPS) is 14.3. The molecule has 0 aliphatic heterocycles. The summed E-state index contributed by atoms with van der Waals surface area (Å²) >= 11 is 0. The van der Waals surface area contributed by atoms with Crippen LogP contribution in [0, 0.1) is 11.8 Å². The first-order valence-corrected chi connectivity index (χ1v) is 13.5. The molecule has 1 saturated carbocycles. The van der Waals surface area contributed by atoms with Crippen molar-refractivity contribution in [3.05, 3.63) is 77.4 Å². The standard InChI is InChI=1S/C27H24F3N5O3S/c1-26(2,16-36)34-39(37,38)22-11-17(13-31-15-22)3-4-20-14-32-35-24(19-5-6-19)12-23(33-25(20)35)18-7-9-21(10-8-18)27(28,29)30/h7-15,19,34,36H,5-6,16H2,1-2H3. The number of hydrogen-bond acceptors (Lipinski definition) is 6. The van der Waals surface area contributed by atoms with E-state index >= 15 is 0 Å². The Kier molecular flexibility index (Phi) is 6.70. The van der Waals surface area contributed by atoms with E-state index in [1.54, 1.807) is 24.6 Å². The zero-order valence-electron chi connectivity index (χ0n) is 21.0. The van der Waals surface area contributed by atoms with Gasteiger partial charge >= 0.3 is 6.18 Å². The predicted molar refractivity (Wildman–Crippen MR) is 137 cm³/mol. The van der Waals surface area contributed by atoms with Crippen LogP contribution in [-0.2, 0) is 16.2 Å². The number of aliphatic hydroxyl groups excluding tert-OH is 1. The molecule has 1 aliphatic carbocycles. The van der Waals surface area contributed by atoms with Gasteiger partial charge in [0.25, 0.3) is 0 Å². The van der Waals surface area contributed by atoms with E-state index in [1.165, 1.54) is 30.6 Å². The third-order valence-electron chi connectivity index (χ3n) is 6.17. The molecule has 0 saturated heterocycles. The van der Waals surface area contributed by atoms with Gasteiger partial charge in [0, 0.05) is 35.1 Å². The van der Waals surface area contributed by atoms with Crippen LogP contribution in [0.25, 0.3) is 16.9 Å². The maximum absolute atomic E-state index is 13.0. The van der Waals surface area contributed by atoms with Gasteiger partial charge in [-0.2, -0.15) is 18.3 Å². The number of halogens is 3. The third kappa shape index (κ3) is 5.80. The molecule has 1 aromatic carbocycles. The number of sulfonamides is 1. The maximum Gasteiger partial charge on any atom is 0.416 e. The van der Waals surface area contributed by atoms with Gasteiger partial charge in [-0.15, -0.1) is 0 Å². The number of aliphatic hydroxyl groups is 1. The van der Waals surface area contributed by atoms with Crippen LogP contribution in [0.3, 0.4) is 0 Å². The predicted octanol–water partition coefficient (Wildman–Crippen LogP) is 4.14. The van der Waals surface area contributed by atoms with Crippen LogP contribution in [0.4, 0.5) is 13.2 Å². The number of nitrogens with one attached hydrogen (secondary N) is 1. The van der Waals surface area contributed by atoms with Crippen molar-refractivity contribution in [1.82, 2.24) is 24.3 Å². The molecule has 5 rings (SSSR count). The van der Waals surface area contributed by atoms with Gasteiger partial charge < -0.3 is 5.11 Å². The molecule has 3 heterocycles. The summed E-state index contributed by atoms with van der Waals surface area (Å²) in [5.41, 5.74) is 1.40. The molecule has 2 N–H and O–H groups in total. The van der Waals surface area contributed by atoms with Crippen molar-refractivity contribution in [2.45, 2.75) is 49.2 Å². The molecule has 4 aromatic rings. The molecule has 0 spiro atoms. The van der Waals surface area contributed by atoms with Crippen LogP contribution >= 0.6 is 0 Å². The second-order valence-electron chi connectivity index (χ2n) is 10.0. The van der Waals surface area contributed by atoms with Gasteiger partial charge in [-0.3, -0.25) is 4.98 Å². The lowest BCUT2D eigenvalue weighted by Crippen LogP contribution is -2.46. The van der Waals surface area contributed by atoms with Gasteiger partial charge in [-0.25, -0.2) is 22.6 Å². The fourth-order valence-corrected chi connectivity index (χ4v) is 5.34. The van der Waals surface area contributed by atoms with Crippen LogP contribution in [0.5, 0.6) is 0 Å². The largest absolute Gasteiger partial charge is 0.416 e. The molecule has 12 heteroatoms. The minimum atomic E-state index is -4.43. The van der Waals surface area contributed by atoms with E-state index < -0.39 is 33.9 Å². The topological polar surface area (TPSA) is 109 Å². The number of alkyl halides is 3. The molecule has 39 heavy (non-hydrogen) atoms. The summed E-state index contributed by atoms with van der Waals surface area (Å²) in [5.74, 6) is 6.15. The smallest absolute Gasteiger partial charge is 0.394 e. The molecule has 3 aromatic heterocycles. The third-order valence-corrected chi connectivity index (χ3v) is 7.84. The Bertz CT molecular complexity index is 1720. The Labute approximate surface area is 223 Å². The van der Waals surface area contributed by atoms with Crippen molar-refractivity contribution in [1.29, 1.82) is 0 Å². The summed E-state index contributed by atoms with van der Waals surface area (Å²) in [6.45, 7) is 2.71. The van der Waals surface area contributed by atoms with Crippen LogP contribution < -0.4 is 4.72 Å². The van der Waals surface area contributed by atoms with E-state index in [-0.39, 0.29) is 10.8 Å². The Balaban J connectivity index is 1.51. The first kappa shape index (κ1) is 26.8. The van der Waals surface area contributed by atoms with Gasteiger partial charge in [0.1, 0.15) is 4.90 Å². The highest BCUT2D eigenvalue weighted by atomic mass is 32.2. The van der Waals surface area contributed by atoms with Crippen LogP contribution in [-0.4, -0.2) is 45.3 Å². The molecule has 202 valence electrons. The summed E-state index contributed by atoms with van der Waals surface area (Å²) in [5, 5.41) is 13.8. The highest BCUT2D eigenvalue weighted by Crippen LogP contribution is 2.41. The van der Waals surface area contributed by atoms with E-state index in [0.29, 0.717) is 28.0 Å². The molecule has 1 aliphatic rings. The first-order valence-electron chi connectivity index (χ1n) is 12.0. The average molecular weight is 556 g/mol. The van der Waals surface area contributed by atoms with E-state index in [2.05, 4.69) is 31.6 Å². The Hall–Kier alpha value is -3.79. The lowest BCUT2D eigenvalue weighted by atomic mass is 10.1. The first-order chi connectivity index (χ1) is 18.4. The van der Waals surface area contributed by atoms with Crippen molar-refractivity contribution in [2.24, 2.45) is 0 Å². The highest BCUT2D eigenvalue weighted by Gasteiger charge is 2.31. The lowest BCUT2D eigenvalue weighted by molar-refractivity contribution is -0.137. The number of aromatic nitrogens is 4.